The third-order valence-corrected chi connectivity index (χ3v) is 3.22. The van der Waals surface area contributed by atoms with Crippen molar-refractivity contribution in [2.24, 2.45) is 0 Å². The van der Waals surface area contributed by atoms with Crippen molar-refractivity contribution in [2.75, 3.05) is 6.54 Å². The lowest BCUT2D eigenvalue weighted by atomic mass is 10.0. The van der Waals surface area contributed by atoms with Crippen molar-refractivity contribution in [3.05, 3.63) is 77.2 Å². The molecular weight excluding hydrogens is 278 g/mol. The van der Waals surface area contributed by atoms with Crippen molar-refractivity contribution in [3.8, 4) is 5.92 Å². The highest BCUT2D eigenvalue weighted by molar-refractivity contribution is 5.94. The van der Waals surface area contributed by atoms with E-state index in [1.165, 1.54) is 0 Å². The molecule has 4 nitrogen and oxygen atoms in total. The van der Waals surface area contributed by atoms with E-state index < -0.39 is 5.97 Å². The van der Waals surface area contributed by atoms with Crippen molar-refractivity contribution in [1.29, 1.82) is 0 Å². The van der Waals surface area contributed by atoms with Crippen molar-refractivity contribution in [3.63, 3.8) is 0 Å². The standard InChI is InChI=1S/C18H14NO3/c1-2-13-7-9-15(10-8-13)17(20)19-12-11-14-5-3-4-6-16(14)18(21)22/h3-10H,11-12H2,(H,19,20)(H,21,22). The van der Waals surface area contributed by atoms with Gasteiger partial charge in [-0.25, -0.2) is 4.79 Å². The van der Waals surface area contributed by atoms with Gasteiger partial charge in [0.2, 0.25) is 0 Å². The highest BCUT2D eigenvalue weighted by Crippen LogP contribution is 2.09. The van der Waals surface area contributed by atoms with E-state index in [1.807, 2.05) is 0 Å². The second-order valence-electron chi connectivity index (χ2n) is 4.67. The van der Waals surface area contributed by atoms with Crippen molar-refractivity contribution in [2.45, 2.75) is 6.42 Å². The maximum Gasteiger partial charge on any atom is 0.335 e. The summed E-state index contributed by atoms with van der Waals surface area (Å²) in [5, 5.41) is 11.8. The number of carbonyl (C=O) groups is 2. The maximum atomic E-state index is 12.0. The fourth-order valence-corrected chi connectivity index (χ4v) is 2.06. The minimum Gasteiger partial charge on any atom is -0.478 e. The number of carboxylic acid groups (broad SMARTS) is 1. The largest absolute Gasteiger partial charge is 0.478 e. The Balaban J connectivity index is 1.95. The molecule has 2 rings (SSSR count). The molecule has 0 aliphatic rings. The summed E-state index contributed by atoms with van der Waals surface area (Å²) in [6.45, 7) is 0.349. The van der Waals surface area contributed by atoms with Crippen LogP contribution in [0.15, 0.2) is 48.5 Å². The van der Waals surface area contributed by atoms with Crippen LogP contribution in [-0.2, 0) is 6.42 Å². The third-order valence-electron chi connectivity index (χ3n) is 3.22. The van der Waals surface area contributed by atoms with E-state index in [9.17, 15) is 9.59 Å². The molecule has 0 aliphatic heterocycles. The van der Waals surface area contributed by atoms with E-state index in [-0.39, 0.29) is 11.5 Å². The molecule has 0 unspecified atom stereocenters. The first kappa shape index (κ1) is 15.3. The highest BCUT2D eigenvalue weighted by atomic mass is 16.4. The maximum absolute atomic E-state index is 12.0. The lowest BCUT2D eigenvalue weighted by Gasteiger charge is -2.08. The van der Waals surface area contributed by atoms with Gasteiger partial charge >= 0.3 is 5.97 Å². The number of rotatable bonds is 5. The summed E-state index contributed by atoms with van der Waals surface area (Å²) in [5.41, 5.74) is 2.03. The third kappa shape index (κ3) is 3.74. The average Bonchev–Trinajstić information content (AvgIpc) is 2.55. The fourth-order valence-electron chi connectivity index (χ4n) is 2.06. The van der Waals surface area contributed by atoms with Gasteiger partial charge < -0.3 is 10.4 Å². The minimum absolute atomic E-state index is 0.232. The van der Waals surface area contributed by atoms with Crippen molar-refractivity contribution in [1.82, 2.24) is 5.32 Å². The molecule has 2 aromatic carbocycles. The number of hydrogen-bond acceptors (Lipinski definition) is 2. The Kier molecular flexibility index (Phi) is 4.94. The van der Waals surface area contributed by atoms with Crippen LogP contribution in [0.25, 0.3) is 0 Å². The van der Waals surface area contributed by atoms with Crippen LogP contribution >= 0.6 is 0 Å². The molecule has 0 atom stereocenters. The van der Waals surface area contributed by atoms with Crippen LogP contribution in [0.5, 0.6) is 0 Å². The number of carboxylic acids is 1. The lowest BCUT2D eigenvalue weighted by molar-refractivity contribution is 0.0695. The zero-order valence-corrected chi connectivity index (χ0v) is 11.8. The van der Waals surface area contributed by atoms with E-state index in [1.54, 1.807) is 48.5 Å². The van der Waals surface area contributed by atoms with Gasteiger partial charge in [-0.15, -0.1) is 0 Å². The molecule has 1 radical (unpaired) electrons. The van der Waals surface area contributed by atoms with Crippen LogP contribution in [0.2, 0.25) is 0 Å². The molecule has 0 aliphatic carbocycles. The molecule has 0 bridgehead atoms. The molecule has 0 saturated carbocycles. The number of amides is 1. The summed E-state index contributed by atoms with van der Waals surface area (Å²) >= 11 is 0. The van der Waals surface area contributed by atoms with Gasteiger partial charge in [0.25, 0.3) is 5.91 Å². The van der Waals surface area contributed by atoms with Gasteiger partial charge in [0, 0.05) is 17.7 Å². The number of nitrogens with one attached hydrogen (secondary N) is 1. The fraction of sp³-hybridized carbons (Fsp3) is 0.111. The van der Waals surface area contributed by atoms with Crippen LogP contribution in [0, 0.1) is 12.3 Å². The van der Waals surface area contributed by atoms with E-state index in [2.05, 4.69) is 11.2 Å². The first-order valence-electron chi connectivity index (χ1n) is 6.74. The normalized spacial score (nSPS) is 9.77. The molecule has 0 aromatic heterocycles. The molecule has 0 spiro atoms. The second-order valence-corrected chi connectivity index (χ2v) is 4.67. The zero-order valence-electron chi connectivity index (χ0n) is 11.8. The SMILES string of the molecule is [C]#Cc1ccc(C(=O)NCCc2ccccc2C(=O)O)cc1. The molecule has 4 heteroatoms. The number of hydrogen-bond donors (Lipinski definition) is 2. The Bertz CT molecular complexity index is 727. The van der Waals surface area contributed by atoms with Crippen molar-refractivity contribution >= 4 is 11.9 Å². The van der Waals surface area contributed by atoms with Gasteiger partial charge in [0.1, 0.15) is 0 Å². The van der Waals surface area contributed by atoms with Gasteiger partial charge in [-0.3, -0.25) is 4.79 Å². The summed E-state index contributed by atoms with van der Waals surface area (Å²) in [7, 11) is 0. The van der Waals surface area contributed by atoms with E-state index >= 15 is 0 Å². The number of benzene rings is 2. The predicted molar refractivity (Wildman–Crippen MR) is 82.1 cm³/mol. The lowest BCUT2D eigenvalue weighted by Crippen LogP contribution is -2.26. The molecule has 109 valence electrons. The summed E-state index contributed by atoms with van der Waals surface area (Å²) in [6, 6.07) is 13.3. The monoisotopic (exact) mass is 292 g/mol. The quantitative estimate of drug-likeness (QED) is 0.831. The van der Waals surface area contributed by atoms with Gasteiger partial charge in [-0.1, -0.05) is 24.1 Å². The van der Waals surface area contributed by atoms with Gasteiger partial charge in [0.15, 0.2) is 0 Å². The van der Waals surface area contributed by atoms with E-state index in [0.29, 0.717) is 29.7 Å². The Labute approximate surface area is 128 Å². The number of carbonyl (C=O) groups excluding carboxylic acids is 1. The molecule has 2 aromatic rings. The molecular formula is C18H14NO3. The summed E-state index contributed by atoms with van der Waals surface area (Å²) in [5.74, 6) is 1.03. The summed E-state index contributed by atoms with van der Waals surface area (Å²) in [6.07, 6.45) is 7.43. The predicted octanol–water partition coefficient (Wildman–Crippen LogP) is 2.30. The topological polar surface area (TPSA) is 66.4 Å². The summed E-state index contributed by atoms with van der Waals surface area (Å²) < 4.78 is 0. The van der Waals surface area contributed by atoms with Gasteiger partial charge in [-0.05, 0) is 48.7 Å². The molecule has 0 saturated heterocycles. The first-order chi connectivity index (χ1) is 10.6. The van der Waals surface area contributed by atoms with Crippen LogP contribution in [-0.4, -0.2) is 23.5 Å². The Morgan fingerprint density at radius 1 is 1.09 bits per heavy atom. The first-order valence-corrected chi connectivity index (χ1v) is 6.74. The molecule has 22 heavy (non-hydrogen) atoms. The van der Waals surface area contributed by atoms with E-state index in [4.69, 9.17) is 11.5 Å². The number of aromatic carboxylic acids is 1. The minimum atomic E-state index is -0.972. The Morgan fingerprint density at radius 3 is 2.41 bits per heavy atom. The van der Waals surface area contributed by atoms with Gasteiger partial charge in [0.05, 0.1) is 5.56 Å². The van der Waals surface area contributed by atoms with Gasteiger partial charge in [-0.2, -0.15) is 0 Å². The van der Waals surface area contributed by atoms with Crippen LogP contribution in [0.1, 0.15) is 31.8 Å². The average molecular weight is 292 g/mol. The van der Waals surface area contributed by atoms with Crippen molar-refractivity contribution < 1.29 is 14.7 Å². The highest BCUT2D eigenvalue weighted by Gasteiger charge is 2.09. The van der Waals surface area contributed by atoms with Crippen LogP contribution in [0.3, 0.4) is 0 Å². The summed E-state index contributed by atoms with van der Waals surface area (Å²) in [4.78, 5) is 23.1. The second kappa shape index (κ2) is 7.09. The molecule has 1 amide bonds. The molecule has 2 N–H and O–H groups in total. The molecule has 0 heterocycles. The Morgan fingerprint density at radius 2 is 1.77 bits per heavy atom. The van der Waals surface area contributed by atoms with Crippen LogP contribution < -0.4 is 5.32 Å². The zero-order chi connectivity index (χ0) is 15.9. The van der Waals surface area contributed by atoms with E-state index in [0.717, 1.165) is 0 Å². The molecule has 0 fully saturated rings. The van der Waals surface area contributed by atoms with Crippen LogP contribution in [0.4, 0.5) is 0 Å². The smallest absolute Gasteiger partial charge is 0.335 e. The Hall–Kier alpha value is -3.06.